The van der Waals surface area contributed by atoms with E-state index in [2.05, 4.69) is 10.0 Å². The molecule has 0 aliphatic heterocycles. The van der Waals surface area contributed by atoms with Gasteiger partial charge in [0.25, 0.3) is 15.9 Å². The number of hydrogen-bond donors (Lipinski definition) is 2. The number of carbonyl (C=O) groups excluding carboxylic acids is 1. The van der Waals surface area contributed by atoms with Gasteiger partial charge in [-0.3, -0.25) is 9.52 Å². The molecule has 0 radical (unpaired) electrons. The van der Waals surface area contributed by atoms with Crippen molar-refractivity contribution in [2.75, 3.05) is 17.1 Å². The highest BCUT2D eigenvalue weighted by atomic mass is 32.2. The first-order valence-electron chi connectivity index (χ1n) is 8.44. The molecule has 146 valence electrons. The van der Waals surface area contributed by atoms with Gasteiger partial charge in [-0.1, -0.05) is 18.2 Å². The lowest BCUT2D eigenvalue weighted by Crippen LogP contribution is -2.16. The summed E-state index contributed by atoms with van der Waals surface area (Å²) in [6, 6.07) is 15.2. The molecule has 0 atom stereocenters. The van der Waals surface area contributed by atoms with Crippen molar-refractivity contribution >= 4 is 38.6 Å². The highest BCUT2D eigenvalue weighted by molar-refractivity contribution is 7.92. The number of nitrogens with one attached hydrogen (secondary N) is 2. The van der Waals surface area contributed by atoms with E-state index in [0.717, 1.165) is 4.88 Å². The molecule has 0 aliphatic carbocycles. The summed E-state index contributed by atoms with van der Waals surface area (Å²) in [5, 5.41) is 2.75. The summed E-state index contributed by atoms with van der Waals surface area (Å²) >= 11 is 1.38. The minimum Gasteiger partial charge on any atom is -0.495 e. The van der Waals surface area contributed by atoms with E-state index in [0.29, 0.717) is 27.6 Å². The van der Waals surface area contributed by atoms with Gasteiger partial charge in [0, 0.05) is 10.6 Å². The Morgan fingerprint density at radius 2 is 1.79 bits per heavy atom. The van der Waals surface area contributed by atoms with Crippen LogP contribution in [0.2, 0.25) is 0 Å². The number of amides is 1. The van der Waals surface area contributed by atoms with Crippen LogP contribution in [0.5, 0.6) is 5.75 Å². The fourth-order valence-electron chi connectivity index (χ4n) is 2.65. The maximum atomic E-state index is 12.9. The average Bonchev–Trinajstić information content (AvgIpc) is 3.10. The molecule has 0 saturated heterocycles. The molecule has 0 bridgehead atoms. The van der Waals surface area contributed by atoms with Crippen molar-refractivity contribution in [3.05, 3.63) is 69.9 Å². The third-order valence-corrected chi connectivity index (χ3v) is 6.56. The predicted octanol–water partition coefficient (Wildman–Crippen LogP) is 4.43. The van der Waals surface area contributed by atoms with Crippen LogP contribution in [0.4, 0.5) is 11.4 Å². The van der Waals surface area contributed by atoms with Gasteiger partial charge in [0.1, 0.15) is 5.75 Å². The molecule has 0 unspecified atom stereocenters. The molecule has 28 heavy (non-hydrogen) atoms. The van der Waals surface area contributed by atoms with Gasteiger partial charge in [0.05, 0.1) is 22.6 Å². The van der Waals surface area contributed by atoms with Crippen molar-refractivity contribution in [1.82, 2.24) is 0 Å². The predicted molar refractivity (Wildman–Crippen MR) is 112 cm³/mol. The van der Waals surface area contributed by atoms with Gasteiger partial charge in [-0.05, 0) is 55.8 Å². The summed E-state index contributed by atoms with van der Waals surface area (Å²) in [7, 11) is -2.40. The Morgan fingerprint density at radius 3 is 2.46 bits per heavy atom. The van der Waals surface area contributed by atoms with Gasteiger partial charge in [-0.25, -0.2) is 8.42 Å². The van der Waals surface area contributed by atoms with Crippen LogP contribution in [0.1, 0.15) is 20.1 Å². The Kier molecular flexibility index (Phi) is 5.71. The van der Waals surface area contributed by atoms with Gasteiger partial charge >= 0.3 is 0 Å². The molecule has 2 aromatic carbocycles. The number of carbonyl (C=O) groups is 1. The minimum absolute atomic E-state index is 0.0820. The van der Waals surface area contributed by atoms with E-state index in [-0.39, 0.29) is 10.8 Å². The zero-order valence-corrected chi connectivity index (χ0v) is 17.3. The Labute approximate surface area is 168 Å². The third-order valence-electron chi connectivity index (χ3n) is 4.05. The van der Waals surface area contributed by atoms with E-state index >= 15 is 0 Å². The van der Waals surface area contributed by atoms with E-state index in [1.807, 2.05) is 13.0 Å². The summed E-state index contributed by atoms with van der Waals surface area (Å²) in [6.07, 6.45) is 0. The summed E-state index contributed by atoms with van der Waals surface area (Å²) < 4.78 is 33.6. The number of anilines is 2. The normalized spacial score (nSPS) is 11.1. The molecule has 1 amide bonds. The van der Waals surface area contributed by atoms with Crippen LogP contribution in [0.3, 0.4) is 0 Å². The van der Waals surface area contributed by atoms with Crippen LogP contribution in [0, 0.1) is 13.8 Å². The van der Waals surface area contributed by atoms with Gasteiger partial charge in [0.15, 0.2) is 0 Å². The van der Waals surface area contributed by atoms with Gasteiger partial charge in [0.2, 0.25) is 0 Å². The maximum absolute atomic E-state index is 12.9. The van der Waals surface area contributed by atoms with Crippen LogP contribution in [-0.4, -0.2) is 21.4 Å². The molecule has 8 heteroatoms. The topological polar surface area (TPSA) is 84.5 Å². The minimum atomic E-state index is -3.87. The molecular formula is C20H20N2O4S2. The van der Waals surface area contributed by atoms with E-state index < -0.39 is 10.0 Å². The number of aryl methyl sites for hydroxylation is 2. The molecule has 0 fully saturated rings. The monoisotopic (exact) mass is 416 g/mol. The van der Waals surface area contributed by atoms with E-state index in [9.17, 15) is 13.2 Å². The lowest BCUT2D eigenvalue weighted by Gasteiger charge is -2.14. The number of para-hydroxylation sites is 2. The Balaban J connectivity index is 1.89. The van der Waals surface area contributed by atoms with Crippen molar-refractivity contribution in [3.63, 3.8) is 0 Å². The lowest BCUT2D eigenvalue weighted by molar-refractivity contribution is 0.103. The number of rotatable bonds is 6. The third kappa shape index (κ3) is 4.35. The average molecular weight is 417 g/mol. The lowest BCUT2D eigenvalue weighted by atomic mass is 10.2. The molecule has 3 aromatic rings. The largest absolute Gasteiger partial charge is 0.495 e. The van der Waals surface area contributed by atoms with Gasteiger partial charge < -0.3 is 10.1 Å². The number of sulfonamides is 1. The molecule has 0 saturated carbocycles. The summed E-state index contributed by atoms with van der Waals surface area (Å²) in [4.78, 5) is 14.0. The first-order valence-corrected chi connectivity index (χ1v) is 10.7. The zero-order valence-electron chi connectivity index (χ0n) is 15.6. The standard InChI is InChI=1S/C20H20N2O4S2/c1-13-8-10-15(21-20(23)18-11-9-14(2)27-18)12-19(13)28(24,25)22-16-6-4-5-7-17(16)26-3/h4-12,22H,1-3H3,(H,21,23). The Bertz CT molecular complexity index is 1120. The summed E-state index contributed by atoms with van der Waals surface area (Å²) in [6.45, 7) is 3.62. The van der Waals surface area contributed by atoms with Crippen LogP contribution >= 0.6 is 11.3 Å². The molecule has 6 nitrogen and oxygen atoms in total. The van der Waals surface area contributed by atoms with Crippen molar-refractivity contribution in [1.29, 1.82) is 0 Å². The smallest absolute Gasteiger partial charge is 0.265 e. The maximum Gasteiger partial charge on any atom is 0.265 e. The highest BCUT2D eigenvalue weighted by Crippen LogP contribution is 2.28. The van der Waals surface area contributed by atoms with E-state index in [1.54, 1.807) is 49.4 Å². The fourth-order valence-corrected chi connectivity index (χ4v) is 4.75. The molecule has 3 rings (SSSR count). The van der Waals surface area contributed by atoms with Crippen molar-refractivity contribution in [2.45, 2.75) is 18.7 Å². The quantitative estimate of drug-likeness (QED) is 0.623. The van der Waals surface area contributed by atoms with Crippen LogP contribution < -0.4 is 14.8 Å². The van der Waals surface area contributed by atoms with Gasteiger partial charge in [-0.15, -0.1) is 11.3 Å². The Morgan fingerprint density at radius 1 is 1.04 bits per heavy atom. The number of ether oxygens (including phenoxy) is 1. The van der Waals surface area contributed by atoms with E-state index in [4.69, 9.17) is 4.74 Å². The molecular weight excluding hydrogens is 396 g/mol. The van der Waals surface area contributed by atoms with Crippen molar-refractivity contribution in [3.8, 4) is 5.75 Å². The molecule has 0 aliphatic rings. The Hall–Kier alpha value is -2.84. The van der Waals surface area contributed by atoms with Gasteiger partial charge in [-0.2, -0.15) is 0 Å². The molecule has 1 aromatic heterocycles. The molecule has 2 N–H and O–H groups in total. The second kappa shape index (κ2) is 8.04. The zero-order chi connectivity index (χ0) is 20.3. The first kappa shape index (κ1) is 19.9. The van der Waals surface area contributed by atoms with Crippen LogP contribution in [-0.2, 0) is 10.0 Å². The van der Waals surface area contributed by atoms with Crippen LogP contribution in [0.15, 0.2) is 59.5 Å². The second-order valence-corrected chi connectivity index (χ2v) is 9.09. The number of thiophene rings is 1. The second-order valence-electron chi connectivity index (χ2n) is 6.15. The summed E-state index contributed by atoms with van der Waals surface area (Å²) in [5.41, 5.74) is 1.31. The summed E-state index contributed by atoms with van der Waals surface area (Å²) in [5.74, 6) is 0.143. The van der Waals surface area contributed by atoms with E-state index in [1.165, 1.54) is 24.5 Å². The fraction of sp³-hybridized carbons (Fsp3) is 0.150. The first-order chi connectivity index (χ1) is 13.3. The van der Waals surface area contributed by atoms with Crippen molar-refractivity contribution < 1.29 is 17.9 Å². The number of methoxy groups -OCH3 is 1. The number of benzene rings is 2. The number of hydrogen-bond acceptors (Lipinski definition) is 5. The molecule has 1 heterocycles. The molecule has 0 spiro atoms. The van der Waals surface area contributed by atoms with Crippen LogP contribution in [0.25, 0.3) is 0 Å². The van der Waals surface area contributed by atoms with Crippen molar-refractivity contribution in [2.24, 2.45) is 0 Å². The SMILES string of the molecule is COc1ccccc1NS(=O)(=O)c1cc(NC(=O)c2ccc(C)s2)ccc1C. The highest BCUT2D eigenvalue weighted by Gasteiger charge is 2.20.